The number of halogens is 1. The predicted octanol–water partition coefficient (Wildman–Crippen LogP) is 5.11. The minimum absolute atomic E-state index is 0.0238. The molecule has 0 aliphatic carbocycles. The SMILES string of the molecule is CC(C)(C)O.COC(=O)Cc1c(C)nc2c(cc(B3OC(C)(C)C(C)(C)O3)n2C)c1-c1cc(F)c2c(c1C)CCCO2. The van der Waals surface area contributed by atoms with E-state index >= 15 is 4.39 Å². The molecule has 8 nitrogen and oxygen atoms in total. The number of hydrogen-bond acceptors (Lipinski definition) is 7. The fourth-order valence-electron chi connectivity index (χ4n) is 5.35. The molecule has 1 N–H and O–H groups in total. The van der Waals surface area contributed by atoms with Gasteiger partial charge in [0.2, 0.25) is 0 Å². The van der Waals surface area contributed by atoms with Crippen LogP contribution in [0.2, 0.25) is 0 Å². The van der Waals surface area contributed by atoms with Crippen LogP contribution in [0, 0.1) is 19.7 Å². The lowest BCUT2D eigenvalue weighted by Crippen LogP contribution is -2.41. The Morgan fingerprint density at radius 2 is 1.76 bits per heavy atom. The first-order valence-electron chi connectivity index (χ1n) is 14.4. The van der Waals surface area contributed by atoms with Crippen LogP contribution in [0.4, 0.5) is 4.39 Å². The zero-order chi connectivity index (χ0) is 31.4. The molecule has 10 heteroatoms. The molecule has 3 aromatic rings. The van der Waals surface area contributed by atoms with Crippen LogP contribution >= 0.6 is 0 Å². The van der Waals surface area contributed by atoms with E-state index in [0.29, 0.717) is 29.3 Å². The first-order chi connectivity index (χ1) is 19.4. The Hall–Kier alpha value is -2.95. The number of aromatic nitrogens is 2. The number of carbonyl (C=O) groups is 1. The number of rotatable bonds is 4. The molecule has 0 atom stereocenters. The lowest BCUT2D eigenvalue weighted by atomic mass is 9.83. The number of esters is 1. The third kappa shape index (κ3) is 6.07. The highest BCUT2D eigenvalue weighted by molar-refractivity contribution is 6.62. The second-order valence-electron chi connectivity index (χ2n) is 13.2. The maximum absolute atomic E-state index is 15.4. The number of aliphatic hydroxyl groups is 1. The molecule has 0 radical (unpaired) electrons. The van der Waals surface area contributed by atoms with E-state index in [9.17, 15) is 4.79 Å². The number of pyridine rings is 1. The van der Waals surface area contributed by atoms with E-state index in [-0.39, 0.29) is 12.4 Å². The van der Waals surface area contributed by atoms with E-state index < -0.39 is 29.7 Å². The van der Waals surface area contributed by atoms with Crippen LogP contribution in [-0.2, 0) is 38.7 Å². The summed E-state index contributed by atoms with van der Waals surface area (Å²) in [6, 6.07) is 3.52. The standard InChI is InChI=1S/C28H34BFN2O5.C4H10O/c1-15-17-10-9-11-35-25(17)21(30)12-18(15)24-19(14-23(33)34-8)16(2)31-26-20(24)13-22(32(26)7)29-36-27(3,4)28(5,6)37-29;1-4(2,3)5/h12-13H,9-11,14H2,1-8H3;5H,1-3H3. The van der Waals surface area contributed by atoms with Crippen LogP contribution in [0.1, 0.15) is 77.3 Å². The Morgan fingerprint density at radius 3 is 2.33 bits per heavy atom. The van der Waals surface area contributed by atoms with E-state index in [1.807, 2.05) is 59.2 Å². The normalized spacial score (nSPS) is 17.4. The van der Waals surface area contributed by atoms with Crippen molar-refractivity contribution in [2.75, 3.05) is 13.7 Å². The highest BCUT2D eigenvalue weighted by Crippen LogP contribution is 2.42. The van der Waals surface area contributed by atoms with Crippen LogP contribution in [0.5, 0.6) is 5.75 Å². The molecule has 0 saturated carbocycles. The summed E-state index contributed by atoms with van der Waals surface area (Å²) >= 11 is 0. The van der Waals surface area contributed by atoms with Gasteiger partial charge in [0.05, 0.1) is 42.5 Å². The van der Waals surface area contributed by atoms with E-state index in [1.54, 1.807) is 20.8 Å². The molecule has 0 bridgehead atoms. The largest absolute Gasteiger partial charge is 0.512 e. The molecule has 2 aliphatic rings. The number of carbonyl (C=O) groups excluding carboxylic acids is 1. The zero-order valence-corrected chi connectivity index (χ0v) is 26.8. The lowest BCUT2D eigenvalue weighted by Gasteiger charge is -2.32. The first kappa shape index (κ1) is 32.0. The van der Waals surface area contributed by atoms with Crippen molar-refractivity contribution in [2.24, 2.45) is 7.05 Å². The maximum Gasteiger partial charge on any atom is 0.512 e. The van der Waals surface area contributed by atoms with Crippen molar-refractivity contribution in [3.8, 4) is 16.9 Å². The van der Waals surface area contributed by atoms with Gasteiger partial charge in [-0.15, -0.1) is 0 Å². The Kier molecular flexibility index (Phi) is 8.59. The Morgan fingerprint density at radius 1 is 1.17 bits per heavy atom. The van der Waals surface area contributed by atoms with E-state index in [1.165, 1.54) is 13.2 Å². The van der Waals surface area contributed by atoms with Gasteiger partial charge in [0.25, 0.3) is 0 Å². The van der Waals surface area contributed by atoms with Gasteiger partial charge in [0.1, 0.15) is 5.65 Å². The molecule has 42 heavy (non-hydrogen) atoms. The minimum Gasteiger partial charge on any atom is -0.490 e. The molecule has 1 fully saturated rings. The smallest absolute Gasteiger partial charge is 0.490 e. The lowest BCUT2D eigenvalue weighted by molar-refractivity contribution is -0.139. The summed E-state index contributed by atoms with van der Waals surface area (Å²) in [7, 11) is 2.69. The molecule has 2 aromatic heterocycles. The average molecular weight is 583 g/mol. The van der Waals surface area contributed by atoms with Gasteiger partial charge in [0.15, 0.2) is 11.6 Å². The summed E-state index contributed by atoms with van der Waals surface area (Å²) in [5.74, 6) is -0.453. The molecule has 2 aliphatic heterocycles. The first-order valence-corrected chi connectivity index (χ1v) is 14.4. The van der Waals surface area contributed by atoms with Gasteiger partial charge >= 0.3 is 13.1 Å². The quantitative estimate of drug-likeness (QED) is 0.338. The molecule has 1 saturated heterocycles. The highest BCUT2D eigenvalue weighted by Gasteiger charge is 2.52. The van der Waals surface area contributed by atoms with Crippen molar-refractivity contribution in [2.45, 2.75) is 98.4 Å². The molecular formula is C32H44BFN2O6. The fourth-order valence-corrected chi connectivity index (χ4v) is 5.35. The number of aryl methyl sites for hydroxylation is 2. The summed E-state index contributed by atoms with van der Waals surface area (Å²) in [5.41, 5.74) is 4.70. The summed E-state index contributed by atoms with van der Waals surface area (Å²) in [6.07, 6.45) is 1.59. The fraction of sp³-hybridized carbons (Fsp3) is 0.562. The second kappa shape index (κ2) is 11.3. The Balaban J connectivity index is 0.000000748. The average Bonchev–Trinajstić information content (AvgIpc) is 3.31. The van der Waals surface area contributed by atoms with Crippen LogP contribution in [0.15, 0.2) is 12.1 Å². The van der Waals surface area contributed by atoms with Crippen LogP contribution in [-0.4, -0.2) is 58.3 Å². The zero-order valence-electron chi connectivity index (χ0n) is 26.8. The number of nitrogens with zero attached hydrogens (tertiary/aromatic N) is 2. The van der Waals surface area contributed by atoms with Gasteiger partial charge in [-0.1, -0.05) is 0 Å². The summed E-state index contributed by atoms with van der Waals surface area (Å²) < 4.78 is 40.7. The third-order valence-corrected chi connectivity index (χ3v) is 8.27. The van der Waals surface area contributed by atoms with E-state index in [4.69, 9.17) is 28.9 Å². The van der Waals surface area contributed by atoms with Gasteiger partial charge in [-0.2, -0.15) is 0 Å². The van der Waals surface area contributed by atoms with Crippen LogP contribution < -0.4 is 10.3 Å². The molecule has 0 spiro atoms. The number of hydrogen-bond donors (Lipinski definition) is 1. The van der Waals surface area contributed by atoms with Gasteiger partial charge in [-0.25, -0.2) is 9.37 Å². The summed E-state index contributed by atoms with van der Waals surface area (Å²) in [5, 5.41) is 9.32. The molecule has 4 heterocycles. The summed E-state index contributed by atoms with van der Waals surface area (Å²) in [4.78, 5) is 17.4. The van der Waals surface area contributed by atoms with E-state index in [0.717, 1.165) is 46.1 Å². The highest BCUT2D eigenvalue weighted by atomic mass is 19.1. The summed E-state index contributed by atoms with van der Waals surface area (Å²) in [6.45, 7) is 17.6. The van der Waals surface area contributed by atoms with Gasteiger partial charge < -0.3 is 28.5 Å². The Labute approximate surface area is 248 Å². The molecule has 0 amide bonds. The van der Waals surface area contributed by atoms with Crippen molar-refractivity contribution >= 4 is 29.7 Å². The van der Waals surface area contributed by atoms with Crippen molar-refractivity contribution in [1.29, 1.82) is 0 Å². The molecular weight excluding hydrogens is 538 g/mol. The van der Waals surface area contributed by atoms with Crippen molar-refractivity contribution in [1.82, 2.24) is 9.55 Å². The minimum atomic E-state index is -0.601. The second-order valence-corrected chi connectivity index (χ2v) is 13.2. The van der Waals surface area contributed by atoms with Crippen molar-refractivity contribution < 1.29 is 33.1 Å². The van der Waals surface area contributed by atoms with E-state index in [2.05, 4.69) is 0 Å². The monoisotopic (exact) mass is 582 g/mol. The van der Waals surface area contributed by atoms with Crippen molar-refractivity contribution in [3.05, 3.63) is 40.3 Å². The number of benzene rings is 1. The van der Waals surface area contributed by atoms with Crippen molar-refractivity contribution in [3.63, 3.8) is 0 Å². The molecule has 1 aromatic carbocycles. The van der Waals surface area contributed by atoms with Crippen LogP contribution in [0.3, 0.4) is 0 Å². The topological polar surface area (TPSA) is 92.0 Å². The van der Waals surface area contributed by atoms with Gasteiger partial charge in [-0.05, 0) is 110 Å². The van der Waals surface area contributed by atoms with Crippen LogP contribution in [0.25, 0.3) is 22.2 Å². The molecule has 5 rings (SSSR count). The van der Waals surface area contributed by atoms with Gasteiger partial charge in [0, 0.05) is 23.7 Å². The number of methoxy groups -OCH3 is 1. The maximum atomic E-state index is 15.4. The third-order valence-electron chi connectivity index (χ3n) is 8.27. The number of ether oxygens (including phenoxy) is 2. The molecule has 228 valence electrons. The molecule has 0 unspecified atom stereocenters. The Bertz CT molecular complexity index is 1500. The number of fused-ring (bicyclic) bond motifs is 2. The predicted molar refractivity (Wildman–Crippen MR) is 163 cm³/mol. The van der Waals surface area contributed by atoms with Gasteiger partial charge in [-0.3, -0.25) is 4.79 Å².